The van der Waals surface area contributed by atoms with Crippen molar-refractivity contribution in [3.8, 4) is 11.5 Å². The Balaban J connectivity index is 1.81. The minimum atomic E-state index is 0.264. The second-order valence-electron chi connectivity index (χ2n) is 4.34. The lowest BCUT2D eigenvalue weighted by Gasteiger charge is -2.06. The summed E-state index contributed by atoms with van der Waals surface area (Å²) in [5.41, 5.74) is 0.943. The summed E-state index contributed by atoms with van der Waals surface area (Å²) < 4.78 is 5.72. The van der Waals surface area contributed by atoms with Gasteiger partial charge in [-0.05, 0) is 42.0 Å². The van der Waals surface area contributed by atoms with E-state index in [1.165, 1.54) is 0 Å². The summed E-state index contributed by atoms with van der Waals surface area (Å²) in [7, 11) is 0. The van der Waals surface area contributed by atoms with Gasteiger partial charge < -0.3 is 9.84 Å². The van der Waals surface area contributed by atoms with Gasteiger partial charge in [-0.25, -0.2) is 4.98 Å². The molecule has 0 bridgehead atoms. The Morgan fingerprint density at radius 1 is 1.16 bits per heavy atom. The lowest BCUT2D eigenvalue weighted by Crippen LogP contribution is -1.95. The van der Waals surface area contributed by atoms with E-state index in [0.717, 1.165) is 27.2 Å². The molecule has 3 rings (SSSR count). The summed E-state index contributed by atoms with van der Waals surface area (Å²) >= 11 is 1.62. The normalized spacial score (nSPS) is 10.8. The molecule has 0 saturated carbocycles. The van der Waals surface area contributed by atoms with Gasteiger partial charge in [0.2, 0.25) is 0 Å². The van der Waals surface area contributed by atoms with E-state index >= 15 is 0 Å². The molecule has 0 aliphatic heterocycles. The van der Waals surface area contributed by atoms with Crippen LogP contribution in [0.15, 0.2) is 41.8 Å². The van der Waals surface area contributed by atoms with Crippen molar-refractivity contribution in [3.63, 3.8) is 0 Å². The topological polar surface area (TPSA) is 42.4 Å². The minimum Gasteiger partial charge on any atom is -0.508 e. The first-order valence-electron chi connectivity index (χ1n) is 5.97. The number of phenolic OH excluding ortho intramolecular Hbond substituents is 1. The average molecular weight is 271 g/mol. The first kappa shape index (κ1) is 12.0. The maximum Gasteiger partial charge on any atom is 0.131 e. The van der Waals surface area contributed by atoms with E-state index in [9.17, 15) is 5.11 Å². The van der Waals surface area contributed by atoms with E-state index in [0.29, 0.717) is 6.61 Å². The monoisotopic (exact) mass is 271 g/mol. The quantitative estimate of drug-likeness (QED) is 0.785. The van der Waals surface area contributed by atoms with Gasteiger partial charge in [0.05, 0.1) is 10.7 Å². The molecule has 4 heteroatoms. The highest BCUT2D eigenvalue weighted by atomic mass is 32.1. The van der Waals surface area contributed by atoms with Crippen LogP contribution < -0.4 is 4.74 Å². The molecule has 96 valence electrons. The van der Waals surface area contributed by atoms with Crippen LogP contribution in [-0.2, 0) is 6.61 Å². The number of nitrogens with zero attached hydrogens (tertiary/aromatic N) is 1. The van der Waals surface area contributed by atoms with Crippen LogP contribution in [0.2, 0.25) is 0 Å². The lowest BCUT2D eigenvalue weighted by molar-refractivity contribution is 0.302. The number of aryl methyl sites for hydroxylation is 1. The fraction of sp³-hybridized carbons (Fsp3) is 0.133. The van der Waals surface area contributed by atoms with E-state index in [2.05, 4.69) is 4.98 Å². The van der Waals surface area contributed by atoms with E-state index in [1.807, 2.05) is 36.6 Å². The third-order valence-electron chi connectivity index (χ3n) is 2.85. The molecule has 0 aliphatic rings. The molecule has 0 unspecified atom stereocenters. The molecule has 3 aromatic rings. The van der Waals surface area contributed by atoms with Gasteiger partial charge in [0.15, 0.2) is 0 Å². The van der Waals surface area contributed by atoms with Crippen molar-refractivity contribution in [2.75, 3.05) is 0 Å². The predicted octanol–water partition coefficient (Wildman–Crippen LogP) is 3.89. The highest BCUT2D eigenvalue weighted by Crippen LogP contribution is 2.25. The molecule has 0 saturated heterocycles. The van der Waals surface area contributed by atoms with Gasteiger partial charge in [-0.3, -0.25) is 0 Å². The standard InChI is InChI=1S/C15H13NO2S/c1-10-16-13(9-19-10)8-18-15-5-3-11-2-4-14(17)6-12(11)7-15/h2-7,9,17H,8H2,1H3. The molecular formula is C15H13NO2S. The number of thiazole rings is 1. The Bertz CT molecular complexity index is 721. The number of phenols is 1. The molecule has 0 aliphatic carbocycles. The lowest BCUT2D eigenvalue weighted by atomic mass is 10.1. The molecule has 1 N–H and O–H groups in total. The van der Waals surface area contributed by atoms with Gasteiger partial charge >= 0.3 is 0 Å². The van der Waals surface area contributed by atoms with Crippen molar-refractivity contribution in [2.45, 2.75) is 13.5 Å². The van der Waals surface area contributed by atoms with Crippen LogP contribution >= 0.6 is 11.3 Å². The van der Waals surface area contributed by atoms with Crippen LogP contribution in [0.4, 0.5) is 0 Å². The molecule has 0 radical (unpaired) electrons. The van der Waals surface area contributed by atoms with Crippen molar-refractivity contribution in [1.29, 1.82) is 0 Å². The SMILES string of the molecule is Cc1nc(COc2ccc3ccc(O)cc3c2)cs1. The van der Waals surface area contributed by atoms with Crippen LogP contribution in [-0.4, -0.2) is 10.1 Å². The third kappa shape index (κ3) is 2.69. The second-order valence-corrected chi connectivity index (χ2v) is 5.40. The number of aromatic nitrogens is 1. The van der Waals surface area contributed by atoms with Crippen LogP contribution in [0, 0.1) is 6.92 Å². The number of hydrogen-bond donors (Lipinski definition) is 1. The zero-order valence-electron chi connectivity index (χ0n) is 10.5. The third-order valence-corrected chi connectivity index (χ3v) is 3.67. The zero-order chi connectivity index (χ0) is 13.2. The van der Waals surface area contributed by atoms with Gasteiger partial charge in [-0.15, -0.1) is 11.3 Å². The summed E-state index contributed by atoms with van der Waals surface area (Å²) in [4.78, 5) is 4.36. The molecule has 0 spiro atoms. The first-order valence-corrected chi connectivity index (χ1v) is 6.85. The molecule has 0 fully saturated rings. The van der Waals surface area contributed by atoms with Crippen LogP contribution in [0.25, 0.3) is 10.8 Å². The van der Waals surface area contributed by atoms with Crippen molar-refractivity contribution in [1.82, 2.24) is 4.98 Å². The number of benzene rings is 2. The maximum atomic E-state index is 9.48. The van der Waals surface area contributed by atoms with Gasteiger partial charge in [-0.1, -0.05) is 12.1 Å². The van der Waals surface area contributed by atoms with Gasteiger partial charge in [0, 0.05) is 5.38 Å². The van der Waals surface area contributed by atoms with Gasteiger partial charge in [0.1, 0.15) is 18.1 Å². The highest BCUT2D eigenvalue weighted by Gasteiger charge is 2.02. The number of aromatic hydroxyl groups is 1. The molecule has 2 aromatic carbocycles. The smallest absolute Gasteiger partial charge is 0.131 e. The molecule has 3 nitrogen and oxygen atoms in total. The summed E-state index contributed by atoms with van der Waals surface area (Å²) in [5, 5.41) is 14.6. The highest BCUT2D eigenvalue weighted by molar-refractivity contribution is 7.09. The summed E-state index contributed by atoms with van der Waals surface area (Å²) in [5.74, 6) is 1.04. The Labute approximate surface area is 115 Å². The Hall–Kier alpha value is -2.07. The molecule has 19 heavy (non-hydrogen) atoms. The van der Waals surface area contributed by atoms with Gasteiger partial charge in [0.25, 0.3) is 0 Å². The molecule has 1 heterocycles. The van der Waals surface area contributed by atoms with Crippen LogP contribution in [0.5, 0.6) is 11.5 Å². The second kappa shape index (κ2) is 4.90. The summed E-state index contributed by atoms with van der Waals surface area (Å²) in [6.45, 7) is 2.45. The van der Waals surface area contributed by atoms with E-state index in [1.54, 1.807) is 23.5 Å². The molecular weight excluding hydrogens is 258 g/mol. The predicted molar refractivity (Wildman–Crippen MR) is 76.8 cm³/mol. The molecule has 1 aromatic heterocycles. The zero-order valence-corrected chi connectivity index (χ0v) is 11.3. The number of hydrogen-bond acceptors (Lipinski definition) is 4. The minimum absolute atomic E-state index is 0.264. The number of ether oxygens (including phenoxy) is 1. The fourth-order valence-electron chi connectivity index (χ4n) is 1.93. The average Bonchev–Trinajstić information content (AvgIpc) is 2.81. The fourth-order valence-corrected chi connectivity index (χ4v) is 2.53. The van der Waals surface area contributed by atoms with Crippen molar-refractivity contribution < 1.29 is 9.84 Å². The Morgan fingerprint density at radius 2 is 2.00 bits per heavy atom. The molecule has 0 atom stereocenters. The van der Waals surface area contributed by atoms with Crippen LogP contribution in [0.1, 0.15) is 10.7 Å². The van der Waals surface area contributed by atoms with Crippen LogP contribution in [0.3, 0.4) is 0 Å². The van der Waals surface area contributed by atoms with Crippen molar-refractivity contribution in [3.05, 3.63) is 52.5 Å². The van der Waals surface area contributed by atoms with Crippen molar-refractivity contribution >= 4 is 22.1 Å². The number of rotatable bonds is 3. The summed E-state index contributed by atoms with van der Waals surface area (Å²) in [6.07, 6.45) is 0. The largest absolute Gasteiger partial charge is 0.508 e. The van der Waals surface area contributed by atoms with Crippen molar-refractivity contribution in [2.24, 2.45) is 0 Å². The van der Waals surface area contributed by atoms with E-state index < -0.39 is 0 Å². The maximum absolute atomic E-state index is 9.48. The Kier molecular flexibility index (Phi) is 3.09. The Morgan fingerprint density at radius 3 is 2.79 bits per heavy atom. The van der Waals surface area contributed by atoms with E-state index in [4.69, 9.17) is 4.74 Å². The molecule has 0 amide bonds. The first-order chi connectivity index (χ1) is 9.20. The van der Waals surface area contributed by atoms with E-state index in [-0.39, 0.29) is 5.75 Å². The summed E-state index contributed by atoms with van der Waals surface area (Å²) in [6, 6.07) is 11.1. The number of fused-ring (bicyclic) bond motifs is 1. The van der Waals surface area contributed by atoms with Gasteiger partial charge in [-0.2, -0.15) is 0 Å².